The van der Waals surface area contributed by atoms with E-state index in [-0.39, 0.29) is 35.3 Å². The van der Waals surface area contributed by atoms with Crippen molar-refractivity contribution in [3.8, 4) is 5.75 Å². The zero-order valence-electron chi connectivity index (χ0n) is 10.6. The molecule has 0 aromatic heterocycles. The Hall–Kier alpha value is -2.10. The molecule has 0 spiro atoms. The largest absolute Gasteiger partial charge is 0.508 e. The van der Waals surface area contributed by atoms with Gasteiger partial charge in [-0.15, -0.1) is 0 Å². The molecule has 19 heavy (non-hydrogen) atoms. The van der Waals surface area contributed by atoms with Crippen molar-refractivity contribution in [3.05, 3.63) is 36.4 Å². The zero-order valence-corrected chi connectivity index (χ0v) is 10.6. The molecule has 3 rings (SSSR count). The molecular formula is C15H15NO3. The minimum atomic E-state index is -0.244. The Morgan fingerprint density at radius 2 is 1.84 bits per heavy atom. The van der Waals surface area contributed by atoms with Crippen molar-refractivity contribution in [2.75, 3.05) is 4.90 Å². The lowest BCUT2D eigenvalue weighted by Crippen LogP contribution is -2.31. The van der Waals surface area contributed by atoms with E-state index in [1.54, 1.807) is 12.1 Å². The minimum absolute atomic E-state index is 0.0947. The normalized spacial score (nSPS) is 29.7. The number of imide groups is 1. The molecular weight excluding hydrogens is 242 g/mol. The minimum Gasteiger partial charge on any atom is -0.508 e. The number of carbonyl (C=O) groups excluding carboxylic acids is 2. The molecule has 2 aliphatic rings. The van der Waals surface area contributed by atoms with Gasteiger partial charge in [0.25, 0.3) is 0 Å². The highest BCUT2D eigenvalue weighted by atomic mass is 16.3. The van der Waals surface area contributed by atoms with Crippen LogP contribution in [0.15, 0.2) is 36.4 Å². The molecule has 1 saturated heterocycles. The summed E-state index contributed by atoms with van der Waals surface area (Å²) in [6.45, 7) is 1.97. The van der Waals surface area contributed by atoms with Gasteiger partial charge in [-0.1, -0.05) is 19.1 Å². The third kappa shape index (κ3) is 1.75. The van der Waals surface area contributed by atoms with E-state index in [2.05, 4.69) is 0 Å². The lowest BCUT2D eigenvalue weighted by atomic mass is 9.78. The number of carbonyl (C=O) groups is 2. The molecule has 1 fully saturated rings. The Balaban J connectivity index is 1.98. The molecule has 1 aromatic rings. The van der Waals surface area contributed by atoms with Gasteiger partial charge in [0.05, 0.1) is 17.5 Å². The predicted molar refractivity (Wildman–Crippen MR) is 70.5 cm³/mol. The number of allylic oxidation sites excluding steroid dienone is 2. The van der Waals surface area contributed by atoms with E-state index in [0.29, 0.717) is 12.1 Å². The Bertz CT molecular complexity index is 561. The average Bonchev–Trinajstić information content (AvgIpc) is 2.65. The number of rotatable bonds is 1. The predicted octanol–water partition coefficient (Wildman–Crippen LogP) is 2.09. The van der Waals surface area contributed by atoms with Crippen LogP contribution >= 0.6 is 0 Å². The highest BCUT2D eigenvalue weighted by molar-refractivity contribution is 6.22. The fourth-order valence-corrected chi connectivity index (χ4v) is 3.00. The average molecular weight is 257 g/mol. The van der Waals surface area contributed by atoms with Crippen LogP contribution < -0.4 is 4.90 Å². The first-order valence-corrected chi connectivity index (χ1v) is 6.43. The van der Waals surface area contributed by atoms with Gasteiger partial charge >= 0.3 is 0 Å². The van der Waals surface area contributed by atoms with E-state index in [4.69, 9.17) is 0 Å². The summed E-state index contributed by atoms with van der Waals surface area (Å²) in [5.41, 5.74) is 0.536. The van der Waals surface area contributed by atoms with Gasteiger partial charge in [-0.2, -0.15) is 0 Å². The van der Waals surface area contributed by atoms with E-state index in [1.165, 1.54) is 17.0 Å². The summed E-state index contributed by atoms with van der Waals surface area (Å²) in [6, 6.07) is 6.17. The van der Waals surface area contributed by atoms with E-state index in [1.807, 2.05) is 19.1 Å². The first-order valence-electron chi connectivity index (χ1n) is 6.43. The van der Waals surface area contributed by atoms with Crippen LogP contribution in [-0.4, -0.2) is 16.9 Å². The molecule has 0 saturated carbocycles. The maximum atomic E-state index is 12.5. The molecule has 4 heteroatoms. The van der Waals surface area contributed by atoms with Crippen LogP contribution in [0.5, 0.6) is 5.75 Å². The van der Waals surface area contributed by atoms with Gasteiger partial charge in [0.1, 0.15) is 5.75 Å². The molecule has 0 radical (unpaired) electrons. The summed E-state index contributed by atoms with van der Waals surface area (Å²) < 4.78 is 0. The number of benzene rings is 1. The Labute approximate surface area is 111 Å². The number of hydrogen-bond donors (Lipinski definition) is 1. The third-order valence-electron chi connectivity index (χ3n) is 3.98. The van der Waals surface area contributed by atoms with Crippen LogP contribution in [0.1, 0.15) is 13.3 Å². The quantitative estimate of drug-likeness (QED) is 0.619. The number of fused-ring (bicyclic) bond motifs is 1. The van der Waals surface area contributed by atoms with Crippen molar-refractivity contribution >= 4 is 17.5 Å². The highest BCUT2D eigenvalue weighted by Gasteiger charge is 2.50. The first kappa shape index (κ1) is 12.0. The number of phenols is 1. The van der Waals surface area contributed by atoms with Crippen molar-refractivity contribution in [1.82, 2.24) is 0 Å². The Kier molecular flexibility index (Phi) is 2.66. The van der Waals surface area contributed by atoms with Crippen LogP contribution in [-0.2, 0) is 9.59 Å². The summed E-state index contributed by atoms with van der Waals surface area (Å²) in [4.78, 5) is 26.1. The van der Waals surface area contributed by atoms with Gasteiger partial charge in [-0.25, -0.2) is 0 Å². The van der Waals surface area contributed by atoms with E-state index in [9.17, 15) is 14.7 Å². The molecule has 3 atom stereocenters. The number of phenolic OH excluding ortho intramolecular Hbond substituents is 1. The summed E-state index contributed by atoms with van der Waals surface area (Å²) in [5, 5.41) is 9.28. The zero-order chi connectivity index (χ0) is 13.6. The first-order chi connectivity index (χ1) is 9.09. The second kappa shape index (κ2) is 4.23. The van der Waals surface area contributed by atoms with Gasteiger partial charge in [-0.3, -0.25) is 14.5 Å². The van der Waals surface area contributed by atoms with Crippen molar-refractivity contribution in [2.45, 2.75) is 13.3 Å². The number of amides is 2. The van der Waals surface area contributed by atoms with Crippen LogP contribution in [0.25, 0.3) is 0 Å². The number of anilines is 1. The Morgan fingerprint density at radius 3 is 2.47 bits per heavy atom. The summed E-state index contributed by atoms with van der Waals surface area (Å²) in [5.74, 6) is -0.519. The van der Waals surface area contributed by atoms with Gasteiger partial charge in [0.15, 0.2) is 0 Å². The molecule has 0 bridgehead atoms. The van der Waals surface area contributed by atoms with Gasteiger partial charge in [-0.05, 0) is 36.6 Å². The Morgan fingerprint density at radius 1 is 1.16 bits per heavy atom. The maximum Gasteiger partial charge on any atom is 0.238 e. The monoisotopic (exact) mass is 257 g/mol. The second-order valence-corrected chi connectivity index (χ2v) is 5.18. The molecule has 2 amide bonds. The second-order valence-electron chi connectivity index (χ2n) is 5.18. The molecule has 1 N–H and O–H groups in total. The van der Waals surface area contributed by atoms with Gasteiger partial charge in [0, 0.05) is 0 Å². The van der Waals surface area contributed by atoms with Crippen LogP contribution in [0.4, 0.5) is 5.69 Å². The van der Waals surface area contributed by atoms with E-state index in [0.717, 1.165) is 0 Å². The summed E-state index contributed by atoms with van der Waals surface area (Å²) >= 11 is 0. The smallest absolute Gasteiger partial charge is 0.238 e. The molecule has 0 unspecified atom stereocenters. The van der Waals surface area contributed by atoms with Crippen LogP contribution in [0, 0.1) is 17.8 Å². The van der Waals surface area contributed by atoms with Gasteiger partial charge in [0.2, 0.25) is 11.8 Å². The fraction of sp³-hybridized carbons (Fsp3) is 0.333. The third-order valence-corrected chi connectivity index (χ3v) is 3.98. The lowest BCUT2D eigenvalue weighted by molar-refractivity contribution is -0.122. The lowest BCUT2D eigenvalue weighted by Gasteiger charge is -2.22. The molecule has 1 aliphatic carbocycles. The van der Waals surface area contributed by atoms with Crippen molar-refractivity contribution < 1.29 is 14.7 Å². The fourth-order valence-electron chi connectivity index (χ4n) is 3.00. The van der Waals surface area contributed by atoms with Crippen molar-refractivity contribution in [3.63, 3.8) is 0 Å². The number of nitrogens with zero attached hydrogens (tertiary/aromatic N) is 1. The molecule has 1 aliphatic heterocycles. The SMILES string of the molecule is C[C@@H]1C=CC[C@H]2C(=O)N(c3ccc(O)cc3)C(=O)[C@@H]12. The van der Waals surface area contributed by atoms with E-state index >= 15 is 0 Å². The summed E-state index contributed by atoms with van der Waals surface area (Å²) in [6.07, 6.45) is 4.62. The number of aromatic hydroxyl groups is 1. The molecule has 4 nitrogen and oxygen atoms in total. The molecule has 1 aromatic carbocycles. The maximum absolute atomic E-state index is 12.5. The summed E-state index contributed by atoms with van der Waals surface area (Å²) in [7, 11) is 0. The van der Waals surface area contributed by atoms with Crippen LogP contribution in [0.3, 0.4) is 0 Å². The van der Waals surface area contributed by atoms with Crippen molar-refractivity contribution in [1.29, 1.82) is 0 Å². The standard InChI is InChI=1S/C15H15NO3/c1-9-3-2-4-12-13(9)15(19)16(14(12)18)10-5-7-11(17)8-6-10/h2-3,5-9,12-13,17H,4H2,1H3/t9-,12-,13+/m1/s1. The highest BCUT2D eigenvalue weighted by Crippen LogP contribution is 2.40. The van der Waals surface area contributed by atoms with Gasteiger partial charge < -0.3 is 5.11 Å². The van der Waals surface area contributed by atoms with Crippen LogP contribution in [0.2, 0.25) is 0 Å². The topological polar surface area (TPSA) is 57.6 Å². The number of hydrogen-bond acceptors (Lipinski definition) is 3. The van der Waals surface area contributed by atoms with E-state index < -0.39 is 0 Å². The molecule has 1 heterocycles. The van der Waals surface area contributed by atoms with Crippen molar-refractivity contribution in [2.24, 2.45) is 17.8 Å². The molecule has 98 valence electrons.